The summed E-state index contributed by atoms with van der Waals surface area (Å²) in [6.45, 7) is -0.394. The van der Waals surface area contributed by atoms with Crippen LogP contribution in [-0.4, -0.2) is 16.2 Å². The number of halogens is 1. The molecule has 0 unspecified atom stereocenters. The van der Waals surface area contributed by atoms with Crippen molar-refractivity contribution in [1.29, 1.82) is 5.26 Å². The molecule has 0 bridgehead atoms. The van der Waals surface area contributed by atoms with Crippen molar-refractivity contribution in [3.8, 4) is 6.07 Å². The summed E-state index contributed by atoms with van der Waals surface area (Å²) in [5.74, 6) is 0. The van der Waals surface area contributed by atoms with E-state index in [1.807, 2.05) is 6.07 Å². The van der Waals surface area contributed by atoms with Gasteiger partial charge in [-0.3, -0.25) is 0 Å². The number of nitriles is 1. The van der Waals surface area contributed by atoms with Gasteiger partial charge in [0.15, 0.2) is 6.33 Å². The Morgan fingerprint density at radius 2 is 2.60 bits per heavy atom. The lowest BCUT2D eigenvalue weighted by Crippen LogP contribution is -2.00. The summed E-state index contributed by atoms with van der Waals surface area (Å²) >= 11 is 0. The molecule has 0 N–H and O–H groups in total. The second kappa shape index (κ2) is 2.97. The van der Waals surface area contributed by atoms with Gasteiger partial charge < -0.3 is 4.57 Å². The van der Waals surface area contributed by atoms with Crippen molar-refractivity contribution in [3.05, 3.63) is 18.2 Å². The molecule has 0 aliphatic heterocycles. The van der Waals surface area contributed by atoms with Crippen LogP contribution in [0.15, 0.2) is 0 Å². The third kappa shape index (κ3) is 1.13. The zero-order valence-electron chi connectivity index (χ0n) is 5.13. The predicted octanol–water partition coefficient (Wildman–Crippen LogP) is 0.325. The van der Waals surface area contributed by atoms with Crippen LogP contribution in [0.3, 0.4) is 0 Å². The monoisotopic (exact) mass is 137 g/mol. The van der Waals surface area contributed by atoms with Crippen LogP contribution >= 0.6 is 0 Å². The highest BCUT2D eigenvalue weighted by molar-refractivity contribution is 5.15. The van der Waals surface area contributed by atoms with E-state index < -0.39 is 6.67 Å². The topological polar surface area (TPSA) is 41.6 Å². The molecule has 50 valence electrons. The third-order valence-electron chi connectivity index (χ3n) is 1.02. The molecule has 1 aromatic rings. The fourth-order valence-electron chi connectivity index (χ4n) is 0.580. The average molecular weight is 137 g/mol. The van der Waals surface area contributed by atoms with E-state index in [2.05, 4.69) is 17.5 Å². The zero-order chi connectivity index (χ0) is 7.40. The van der Waals surface area contributed by atoms with Gasteiger partial charge in [-0.25, -0.2) is 9.37 Å². The first-order valence-electron chi connectivity index (χ1n) is 2.70. The highest BCUT2D eigenvalue weighted by Gasteiger charge is 1.99. The van der Waals surface area contributed by atoms with Crippen LogP contribution in [-0.2, 0) is 6.54 Å². The van der Waals surface area contributed by atoms with Gasteiger partial charge in [0.25, 0.3) is 0 Å². The van der Waals surface area contributed by atoms with Crippen molar-refractivity contribution in [1.82, 2.24) is 9.55 Å². The fourth-order valence-corrected chi connectivity index (χ4v) is 0.580. The lowest BCUT2D eigenvalue weighted by molar-refractivity contribution is 0.443. The molecule has 0 spiro atoms. The molecule has 0 atom stereocenters. The van der Waals surface area contributed by atoms with Crippen molar-refractivity contribution >= 4 is 0 Å². The average Bonchev–Trinajstić information content (AvgIpc) is 2.36. The van der Waals surface area contributed by atoms with E-state index in [-0.39, 0.29) is 12.2 Å². The number of hydrogen-bond donors (Lipinski definition) is 0. The van der Waals surface area contributed by atoms with Gasteiger partial charge in [0, 0.05) is 0 Å². The third-order valence-corrected chi connectivity index (χ3v) is 1.02. The first kappa shape index (κ1) is 6.75. The molecule has 3 nitrogen and oxygen atoms in total. The molecule has 0 amide bonds. The summed E-state index contributed by atoms with van der Waals surface area (Å²) in [4.78, 5) is 3.44. The van der Waals surface area contributed by atoms with E-state index in [4.69, 9.17) is 5.26 Å². The molecule has 0 aromatic carbocycles. The van der Waals surface area contributed by atoms with Crippen molar-refractivity contribution < 1.29 is 4.39 Å². The van der Waals surface area contributed by atoms with Crippen molar-refractivity contribution in [3.63, 3.8) is 0 Å². The molecule has 4 heteroatoms. The Hall–Kier alpha value is -1.37. The summed E-state index contributed by atoms with van der Waals surface area (Å²) in [5, 5.41) is 8.35. The van der Waals surface area contributed by atoms with Crippen molar-refractivity contribution in [2.45, 2.75) is 6.54 Å². The zero-order valence-corrected chi connectivity index (χ0v) is 5.13. The minimum Gasteiger partial charge on any atom is -0.310 e. The van der Waals surface area contributed by atoms with Gasteiger partial charge in [-0.05, 0) is 0 Å². The van der Waals surface area contributed by atoms with Crippen LogP contribution in [0.1, 0.15) is 5.69 Å². The minimum absolute atomic E-state index is 0.124. The molecule has 10 heavy (non-hydrogen) atoms. The van der Waals surface area contributed by atoms with E-state index in [9.17, 15) is 4.39 Å². The molecular weight excluding hydrogens is 133 g/mol. The van der Waals surface area contributed by atoms with Gasteiger partial charge >= 0.3 is 0 Å². The maximum Gasteiger partial charge on any atom is 0.178 e. The Morgan fingerprint density at radius 3 is 3.20 bits per heavy atom. The number of imidazole rings is 1. The van der Waals surface area contributed by atoms with Crippen LogP contribution in [0.2, 0.25) is 0 Å². The Bertz CT molecular complexity index is 248. The summed E-state index contributed by atoms with van der Waals surface area (Å²) in [5.41, 5.74) is 0.220. The molecule has 0 aliphatic carbocycles. The summed E-state index contributed by atoms with van der Waals surface area (Å²) in [7, 11) is 0. The van der Waals surface area contributed by atoms with Gasteiger partial charge in [0.2, 0.25) is 0 Å². The van der Waals surface area contributed by atoms with Gasteiger partial charge in [0.1, 0.15) is 24.6 Å². The predicted molar refractivity (Wildman–Crippen MR) is 30.6 cm³/mol. The highest BCUT2D eigenvalue weighted by Crippen LogP contribution is 1.94. The fraction of sp³-hybridized carbons (Fsp3) is 0.333. The van der Waals surface area contributed by atoms with Crippen LogP contribution < -0.4 is 0 Å². The van der Waals surface area contributed by atoms with Crippen LogP contribution in [0.4, 0.5) is 4.39 Å². The molecule has 1 rings (SSSR count). The second-order valence-corrected chi connectivity index (χ2v) is 1.62. The number of hydrogen-bond acceptors (Lipinski definition) is 2. The van der Waals surface area contributed by atoms with E-state index in [1.165, 1.54) is 4.57 Å². The normalized spacial score (nSPS) is 9.20. The van der Waals surface area contributed by atoms with Gasteiger partial charge in [-0.1, -0.05) is 0 Å². The number of alkyl halides is 1. The largest absolute Gasteiger partial charge is 0.310 e. The second-order valence-electron chi connectivity index (χ2n) is 1.62. The minimum atomic E-state index is -0.518. The number of rotatable bonds is 2. The summed E-state index contributed by atoms with van der Waals surface area (Å²) in [6.07, 6.45) is 4.78. The van der Waals surface area contributed by atoms with Crippen LogP contribution in [0, 0.1) is 23.9 Å². The highest BCUT2D eigenvalue weighted by atomic mass is 19.1. The molecule has 0 fully saturated rings. The Kier molecular flexibility index (Phi) is 2.00. The lowest BCUT2D eigenvalue weighted by Gasteiger charge is -1.94. The van der Waals surface area contributed by atoms with E-state index in [0.29, 0.717) is 0 Å². The first-order chi connectivity index (χ1) is 4.88. The van der Waals surface area contributed by atoms with Gasteiger partial charge in [-0.15, -0.1) is 0 Å². The Morgan fingerprint density at radius 1 is 1.80 bits per heavy atom. The van der Waals surface area contributed by atoms with Gasteiger partial charge in [0.05, 0.1) is 6.54 Å². The Balaban J connectivity index is 2.82. The summed E-state index contributed by atoms with van der Waals surface area (Å²) in [6, 6.07) is 1.81. The van der Waals surface area contributed by atoms with Crippen molar-refractivity contribution in [2.75, 3.05) is 6.67 Å². The molecular formula is C6H4FN3. The molecule has 0 saturated heterocycles. The maximum atomic E-state index is 11.7. The maximum absolute atomic E-state index is 11.7. The standard InChI is InChI=1S/C6H4FN3/c7-1-2-10-5-9-4-6(10)3-8/h1-2H2. The molecule has 1 heterocycles. The quantitative estimate of drug-likeness (QED) is 0.589. The van der Waals surface area contributed by atoms with Crippen LogP contribution in [0.25, 0.3) is 0 Å². The van der Waals surface area contributed by atoms with E-state index in [0.717, 1.165) is 0 Å². The molecule has 1 aromatic heterocycles. The van der Waals surface area contributed by atoms with Crippen molar-refractivity contribution in [2.24, 2.45) is 0 Å². The van der Waals surface area contributed by atoms with E-state index in [1.54, 1.807) is 0 Å². The van der Waals surface area contributed by atoms with Crippen LogP contribution in [0.5, 0.6) is 0 Å². The number of nitrogens with zero attached hydrogens (tertiary/aromatic N) is 3. The van der Waals surface area contributed by atoms with E-state index >= 15 is 0 Å². The lowest BCUT2D eigenvalue weighted by atomic mass is 10.5. The first-order valence-corrected chi connectivity index (χ1v) is 2.70. The Labute approximate surface area is 57.7 Å². The SMILES string of the molecule is N#Cc1[c]n[c]n1CCF. The smallest absolute Gasteiger partial charge is 0.178 e. The van der Waals surface area contributed by atoms with Gasteiger partial charge in [-0.2, -0.15) is 5.26 Å². The number of aryl methyl sites for hydroxylation is 1. The summed E-state index contributed by atoms with van der Waals surface area (Å²) < 4.78 is 13.0. The molecule has 2 radical (unpaired) electrons. The molecule has 0 aliphatic rings. The molecule has 0 saturated carbocycles. The number of aromatic nitrogens is 2.